The van der Waals surface area contributed by atoms with Crippen LogP contribution in [0.15, 0.2) is 24.3 Å². The SMILES string of the molecule is CNS(=O)(=O)CCNC(=O)c1cccc(CN)c1. The molecule has 1 aromatic rings. The van der Waals surface area contributed by atoms with Crippen molar-refractivity contribution in [3.05, 3.63) is 35.4 Å². The monoisotopic (exact) mass is 271 g/mol. The molecule has 0 bridgehead atoms. The van der Waals surface area contributed by atoms with Gasteiger partial charge in [-0.1, -0.05) is 12.1 Å². The summed E-state index contributed by atoms with van der Waals surface area (Å²) in [5, 5.41) is 2.54. The largest absolute Gasteiger partial charge is 0.351 e. The number of carbonyl (C=O) groups excluding carboxylic acids is 1. The van der Waals surface area contributed by atoms with Crippen LogP contribution >= 0.6 is 0 Å². The van der Waals surface area contributed by atoms with Gasteiger partial charge in [0.25, 0.3) is 5.91 Å². The van der Waals surface area contributed by atoms with Crippen molar-refractivity contribution < 1.29 is 13.2 Å². The lowest BCUT2D eigenvalue weighted by Gasteiger charge is -2.06. The summed E-state index contributed by atoms with van der Waals surface area (Å²) in [5.74, 6) is -0.456. The number of nitrogens with two attached hydrogens (primary N) is 1. The fraction of sp³-hybridized carbons (Fsp3) is 0.364. The van der Waals surface area contributed by atoms with E-state index < -0.39 is 10.0 Å². The van der Waals surface area contributed by atoms with Crippen LogP contribution in [-0.4, -0.2) is 33.7 Å². The second-order valence-corrected chi connectivity index (χ2v) is 5.73. The molecule has 0 heterocycles. The zero-order valence-electron chi connectivity index (χ0n) is 10.1. The summed E-state index contributed by atoms with van der Waals surface area (Å²) < 4.78 is 24.5. The lowest BCUT2D eigenvalue weighted by atomic mass is 10.1. The van der Waals surface area contributed by atoms with Gasteiger partial charge in [-0.3, -0.25) is 4.79 Å². The summed E-state index contributed by atoms with van der Waals surface area (Å²) in [6.45, 7) is 0.421. The molecule has 0 radical (unpaired) electrons. The van der Waals surface area contributed by atoms with E-state index in [-0.39, 0.29) is 18.2 Å². The molecule has 1 rings (SSSR count). The predicted molar refractivity (Wildman–Crippen MR) is 69.5 cm³/mol. The van der Waals surface area contributed by atoms with E-state index in [9.17, 15) is 13.2 Å². The third-order valence-electron chi connectivity index (χ3n) is 2.39. The number of carbonyl (C=O) groups is 1. The number of sulfonamides is 1. The van der Waals surface area contributed by atoms with Crippen molar-refractivity contribution in [2.24, 2.45) is 5.73 Å². The Labute approximate surface area is 107 Å². The van der Waals surface area contributed by atoms with Crippen molar-refractivity contribution in [2.45, 2.75) is 6.54 Å². The maximum atomic E-state index is 11.7. The minimum Gasteiger partial charge on any atom is -0.351 e. The topological polar surface area (TPSA) is 101 Å². The Morgan fingerprint density at radius 3 is 2.72 bits per heavy atom. The molecule has 6 nitrogen and oxygen atoms in total. The highest BCUT2D eigenvalue weighted by molar-refractivity contribution is 7.89. The van der Waals surface area contributed by atoms with Crippen LogP contribution in [0.4, 0.5) is 0 Å². The molecule has 0 aromatic heterocycles. The van der Waals surface area contributed by atoms with Crippen LogP contribution in [0.2, 0.25) is 0 Å². The lowest BCUT2D eigenvalue weighted by Crippen LogP contribution is -2.33. The normalized spacial score (nSPS) is 11.2. The molecule has 0 unspecified atom stereocenters. The van der Waals surface area contributed by atoms with Crippen LogP contribution in [0.25, 0.3) is 0 Å². The zero-order valence-corrected chi connectivity index (χ0v) is 11.0. The highest BCUT2D eigenvalue weighted by Gasteiger charge is 2.09. The van der Waals surface area contributed by atoms with E-state index in [0.29, 0.717) is 12.1 Å². The number of rotatable bonds is 6. The molecule has 0 aliphatic carbocycles. The molecule has 1 aromatic carbocycles. The van der Waals surface area contributed by atoms with Gasteiger partial charge in [0.05, 0.1) is 5.75 Å². The van der Waals surface area contributed by atoms with Crippen LogP contribution in [0, 0.1) is 0 Å². The second kappa shape index (κ2) is 6.48. The van der Waals surface area contributed by atoms with Crippen LogP contribution in [0.3, 0.4) is 0 Å². The first-order valence-electron chi connectivity index (χ1n) is 5.47. The summed E-state index contributed by atoms with van der Waals surface area (Å²) in [6, 6.07) is 6.90. The van der Waals surface area contributed by atoms with E-state index >= 15 is 0 Å². The average molecular weight is 271 g/mol. The third kappa shape index (κ3) is 4.44. The van der Waals surface area contributed by atoms with Gasteiger partial charge in [0.15, 0.2) is 0 Å². The van der Waals surface area contributed by atoms with Gasteiger partial charge in [-0.15, -0.1) is 0 Å². The van der Waals surface area contributed by atoms with Crippen molar-refractivity contribution >= 4 is 15.9 Å². The molecule has 0 saturated carbocycles. The van der Waals surface area contributed by atoms with Crippen molar-refractivity contribution in [1.29, 1.82) is 0 Å². The number of hydrogen-bond acceptors (Lipinski definition) is 4. The Balaban J connectivity index is 2.55. The van der Waals surface area contributed by atoms with Gasteiger partial charge in [-0.2, -0.15) is 0 Å². The van der Waals surface area contributed by atoms with E-state index in [1.807, 2.05) is 6.07 Å². The molecular weight excluding hydrogens is 254 g/mol. The third-order valence-corrected chi connectivity index (χ3v) is 3.76. The van der Waals surface area contributed by atoms with Crippen LogP contribution in [0.1, 0.15) is 15.9 Å². The molecule has 100 valence electrons. The number of nitrogens with one attached hydrogen (secondary N) is 2. The molecule has 0 saturated heterocycles. The van der Waals surface area contributed by atoms with Crippen LogP contribution in [-0.2, 0) is 16.6 Å². The van der Waals surface area contributed by atoms with Crippen molar-refractivity contribution in [1.82, 2.24) is 10.0 Å². The van der Waals surface area contributed by atoms with E-state index in [1.165, 1.54) is 7.05 Å². The van der Waals surface area contributed by atoms with E-state index in [4.69, 9.17) is 5.73 Å². The molecule has 0 atom stereocenters. The average Bonchev–Trinajstić information content (AvgIpc) is 2.38. The van der Waals surface area contributed by atoms with Crippen molar-refractivity contribution in [2.75, 3.05) is 19.3 Å². The Kier molecular flexibility index (Phi) is 5.26. The Bertz CT molecular complexity index is 514. The summed E-state index contributed by atoms with van der Waals surface area (Å²) in [4.78, 5) is 11.7. The lowest BCUT2D eigenvalue weighted by molar-refractivity contribution is 0.0956. The van der Waals surface area contributed by atoms with Crippen LogP contribution < -0.4 is 15.8 Å². The first kappa shape index (κ1) is 14.6. The molecule has 0 aliphatic heterocycles. The smallest absolute Gasteiger partial charge is 0.251 e. The maximum Gasteiger partial charge on any atom is 0.251 e. The van der Waals surface area contributed by atoms with Gasteiger partial charge in [-0.25, -0.2) is 13.1 Å². The quantitative estimate of drug-likeness (QED) is 0.644. The second-order valence-electron chi connectivity index (χ2n) is 3.68. The molecule has 4 N–H and O–H groups in total. The first-order chi connectivity index (χ1) is 8.48. The highest BCUT2D eigenvalue weighted by Crippen LogP contribution is 2.04. The molecule has 18 heavy (non-hydrogen) atoms. The molecule has 7 heteroatoms. The van der Waals surface area contributed by atoms with Crippen LogP contribution in [0.5, 0.6) is 0 Å². The summed E-state index contributed by atoms with van der Waals surface area (Å²) in [7, 11) is -1.96. The molecule has 0 aliphatic rings. The van der Waals surface area contributed by atoms with Gasteiger partial charge in [0, 0.05) is 18.7 Å². The van der Waals surface area contributed by atoms with Crippen molar-refractivity contribution in [3.63, 3.8) is 0 Å². The zero-order chi connectivity index (χ0) is 13.6. The fourth-order valence-electron chi connectivity index (χ4n) is 1.34. The minimum atomic E-state index is -3.29. The van der Waals surface area contributed by atoms with E-state index in [1.54, 1.807) is 18.2 Å². The van der Waals surface area contributed by atoms with E-state index in [2.05, 4.69) is 10.0 Å². The van der Waals surface area contributed by atoms with Gasteiger partial charge in [-0.05, 0) is 24.7 Å². The van der Waals surface area contributed by atoms with Gasteiger partial charge < -0.3 is 11.1 Å². The summed E-state index contributed by atoms with van der Waals surface area (Å²) in [6.07, 6.45) is 0. The fourth-order valence-corrected chi connectivity index (χ4v) is 1.92. The molecule has 0 spiro atoms. The van der Waals surface area contributed by atoms with E-state index in [0.717, 1.165) is 5.56 Å². The highest BCUT2D eigenvalue weighted by atomic mass is 32.2. The number of benzene rings is 1. The molecular formula is C11H17N3O3S. The molecule has 0 fully saturated rings. The van der Waals surface area contributed by atoms with Crippen molar-refractivity contribution in [3.8, 4) is 0 Å². The maximum absolute atomic E-state index is 11.7. The Hall–Kier alpha value is -1.44. The Morgan fingerprint density at radius 2 is 2.11 bits per heavy atom. The number of hydrogen-bond donors (Lipinski definition) is 3. The van der Waals surface area contributed by atoms with Gasteiger partial charge in [0.2, 0.25) is 10.0 Å². The first-order valence-corrected chi connectivity index (χ1v) is 7.12. The molecule has 1 amide bonds. The minimum absolute atomic E-state index is 0.0643. The van der Waals surface area contributed by atoms with Gasteiger partial charge >= 0.3 is 0 Å². The number of amides is 1. The summed E-state index contributed by atoms with van der Waals surface area (Å²) in [5.41, 5.74) is 6.80. The van der Waals surface area contributed by atoms with Gasteiger partial charge in [0.1, 0.15) is 0 Å². The Morgan fingerprint density at radius 1 is 1.39 bits per heavy atom. The standard InChI is InChI=1S/C11H17N3O3S/c1-13-18(16,17)6-5-14-11(15)10-4-2-3-9(7-10)8-12/h2-4,7,13H,5-6,8,12H2,1H3,(H,14,15). The predicted octanol–water partition coefficient (Wildman–Crippen LogP) is -0.576. The summed E-state index contributed by atoms with van der Waals surface area (Å²) >= 11 is 0.